The van der Waals surface area contributed by atoms with Crippen molar-refractivity contribution in [1.29, 1.82) is 0 Å². The van der Waals surface area contributed by atoms with Crippen LogP contribution in [0.25, 0.3) is 0 Å². The summed E-state index contributed by atoms with van der Waals surface area (Å²) < 4.78 is 0. The van der Waals surface area contributed by atoms with Crippen LogP contribution in [0.3, 0.4) is 0 Å². The van der Waals surface area contributed by atoms with Crippen LogP contribution in [0.1, 0.15) is 69.6 Å². The predicted octanol–water partition coefficient (Wildman–Crippen LogP) is 5.21. The molecule has 1 nitrogen and oxygen atoms in total. The SMILES string of the molecule is Cc1ccc(C2CC(C)(C)CCC2CNC(C)C)cc1C. The Kier molecular flexibility index (Phi) is 5.14. The lowest BCUT2D eigenvalue weighted by Gasteiger charge is -2.41. The molecule has 0 aliphatic heterocycles. The van der Waals surface area contributed by atoms with Gasteiger partial charge in [0.25, 0.3) is 0 Å². The molecule has 1 saturated carbocycles. The van der Waals surface area contributed by atoms with Crippen molar-refractivity contribution in [3.05, 3.63) is 34.9 Å². The molecule has 0 radical (unpaired) electrons. The van der Waals surface area contributed by atoms with Crippen molar-refractivity contribution in [3.63, 3.8) is 0 Å². The normalized spacial score (nSPS) is 25.3. The molecule has 1 aromatic carbocycles. The molecule has 0 aromatic heterocycles. The van der Waals surface area contributed by atoms with E-state index in [-0.39, 0.29) is 0 Å². The van der Waals surface area contributed by atoms with E-state index in [1.165, 1.54) is 30.4 Å². The number of nitrogens with one attached hydrogen (secondary N) is 1. The standard InChI is InChI=1S/C20H33N/c1-14(2)21-13-18-9-10-20(5,6)12-19(18)17-8-7-15(3)16(4)11-17/h7-8,11,14,18-19,21H,9-10,12-13H2,1-6H3. The van der Waals surface area contributed by atoms with Gasteiger partial charge in [-0.2, -0.15) is 0 Å². The van der Waals surface area contributed by atoms with E-state index in [9.17, 15) is 0 Å². The Hall–Kier alpha value is -0.820. The molecular weight excluding hydrogens is 254 g/mol. The molecule has 1 aromatic rings. The summed E-state index contributed by atoms with van der Waals surface area (Å²) in [5.41, 5.74) is 4.89. The average Bonchev–Trinajstić information content (AvgIpc) is 2.39. The third kappa shape index (κ3) is 4.32. The molecule has 1 aliphatic carbocycles. The minimum Gasteiger partial charge on any atom is -0.314 e. The van der Waals surface area contributed by atoms with Crippen molar-refractivity contribution < 1.29 is 0 Å². The van der Waals surface area contributed by atoms with E-state index in [4.69, 9.17) is 0 Å². The van der Waals surface area contributed by atoms with Gasteiger partial charge in [0.1, 0.15) is 0 Å². The third-order valence-electron chi connectivity index (χ3n) is 5.28. The number of benzene rings is 1. The zero-order valence-electron chi connectivity index (χ0n) is 14.8. The van der Waals surface area contributed by atoms with E-state index < -0.39 is 0 Å². The molecule has 0 amide bonds. The number of rotatable bonds is 4. The molecule has 1 aliphatic rings. The van der Waals surface area contributed by atoms with Gasteiger partial charge in [0.05, 0.1) is 0 Å². The van der Waals surface area contributed by atoms with Gasteiger partial charge in [0.2, 0.25) is 0 Å². The molecule has 0 saturated heterocycles. The highest BCUT2D eigenvalue weighted by Crippen LogP contribution is 2.46. The molecule has 1 heteroatoms. The second kappa shape index (κ2) is 6.52. The Morgan fingerprint density at radius 2 is 1.90 bits per heavy atom. The lowest BCUT2D eigenvalue weighted by atomic mass is 9.65. The Balaban J connectivity index is 2.21. The van der Waals surface area contributed by atoms with Gasteiger partial charge in [-0.1, -0.05) is 45.9 Å². The summed E-state index contributed by atoms with van der Waals surface area (Å²) in [6, 6.07) is 7.69. The summed E-state index contributed by atoms with van der Waals surface area (Å²) in [5.74, 6) is 1.49. The van der Waals surface area contributed by atoms with E-state index in [1.54, 1.807) is 5.56 Å². The first-order chi connectivity index (χ1) is 9.78. The predicted molar refractivity (Wildman–Crippen MR) is 92.9 cm³/mol. The van der Waals surface area contributed by atoms with Crippen LogP contribution in [-0.2, 0) is 0 Å². The van der Waals surface area contributed by atoms with Crippen LogP contribution in [0.2, 0.25) is 0 Å². The fraction of sp³-hybridized carbons (Fsp3) is 0.700. The Morgan fingerprint density at radius 3 is 2.52 bits per heavy atom. The summed E-state index contributed by atoms with van der Waals surface area (Å²) in [6.45, 7) is 15.0. The highest BCUT2D eigenvalue weighted by molar-refractivity contribution is 5.32. The van der Waals surface area contributed by atoms with Crippen LogP contribution in [0, 0.1) is 25.2 Å². The van der Waals surface area contributed by atoms with Crippen molar-refractivity contribution >= 4 is 0 Å². The molecule has 2 atom stereocenters. The van der Waals surface area contributed by atoms with E-state index >= 15 is 0 Å². The smallest absolute Gasteiger partial charge is 0.00104 e. The molecule has 0 spiro atoms. The van der Waals surface area contributed by atoms with Gasteiger partial charge in [-0.05, 0) is 73.6 Å². The summed E-state index contributed by atoms with van der Waals surface area (Å²) in [6.07, 6.45) is 4.03. The Labute approximate surface area is 131 Å². The topological polar surface area (TPSA) is 12.0 Å². The van der Waals surface area contributed by atoms with Crippen molar-refractivity contribution in [3.8, 4) is 0 Å². The lowest BCUT2D eigenvalue weighted by molar-refractivity contribution is 0.158. The van der Waals surface area contributed by atoms with Crippen molar-refractivity contribution in [2.45, 2.75) is 72.8 Å². The lowest BCUT2D eigenvalue weighted by Crippen LogP contribution is -2.37. The molecule has 21 heavy (non-hydrogen) atoms. The van der Waals surface area contributed by atoms with Crippen LogP contribution < -0.4 is 5.32 Å². The molecule has 0 bridgehead atoms. The number of hydrogen-bond acceptors (Lipinski definition) is 1. The zero-order chi connectivity index (χ0) is 15.6. The van der Waals surface area contributed by atoms with Gasteiger partial charge < -0.3 is 5.32 Å². The Bertz CT molecular complexity index is 471. The first-order valence-corrected chi connectivity index (χ1v) is 8.59. The quantitative estimate of drug-likeness (QED) is 0.801. The van der Waals surface area contributed by atoms with Crippen molar-refractivity contribution in [1.82, 2.24) is 5.32 Å². The third-order valence-corrected chi connectivity index (χ3v) is 5.28. The average molecular weight is 287 g/mol. The monoisotopic (exact) mass is 287 g/mol. The van der Waals surface area contributed by atoms with Gasteiger partial charge in [0.15, 0.2) is 0 Å². The second-order valence-electron chi connectivity index (χ2n) is 8.18. The maximum atomic E-state index is 3.67. The highest BCUT2D eigenvalue weighted by atomic mass is 14.9. The highest BCUT2D eigenvalue weighted by Gasteiger charge is 2.35. The maximum Gasteiger partial charge on any atom is 0.00104 e. The van der Waals surface area contributed by atoms with Crippen LogP contribution >= 0.6 is 0 Å². The minimum atomic E-state index is 0.484. The number of aryl methyl sites for hydroxylation is 2. The van der Waals surface area contributed by atoms with Gasteiger partial charge >= 0.3 is 0 Å². The largest absolute Gasteiger partial charge is 0.314 e. The van der Waals surface area contributed by atoms with Gasteiger partial charge in [0, 0.05) is 6.04 Å². The summed E-state index contributed by atoms with van der Waals surface area (Å²) in [4.78, 5) is 0. The zero-order valence-corrected chi connectivity index (χ0v) is 14.8. The van der Waals surface area contributed by atoms with E-state index in [1.807, 2.05) is 0 Å². The first kappa shape index (κ1) is 16.5. The second-order valence-corrected chi connectivity index (χ2v) is 8.18. The van der Waals surface area contributed by atoms with Crippen molar-refractivity contribution in [2.24, 2.45) is 11.3 Å². The molecule has 1 fully saturated rings. The molecule has 0 heterocycles. The maximum absolute atomic E-state index is 3.67. The van der Waals surface area contributed by atoms with E-state index in [0.717, 1.165) is 12.5 Å². The van der Waals surface area contributed by atoms with Crippen LogP contribution in [-0.4, -0.2) is 12.6 Å². The minimum absolute atomic E-state index is 0.484. The number of hydrogen-bond donors (Lipinski definition) is 1. The van der Waals surface area contributed by atoms with Gasteiger partial charge in [-0.3, -0.25) is 0 Å². The van der Waals surface area contributed by atoms with E-state index in [2.05, 4.69) is 65.1 Å². The van der Waals surface area contributed by atoms with E-state index in [0.29, 0.717) is 17.4 Å². The van der Waals surface area contributed by atoms with Crippen molar-refractivity contribution in [2.75, 3.05) is 6.54 Å². The molecule has 118 valence electrons. The Morgan fingerprint density at radius 1 is 1.19 bits per heavy atom. The molecule has 1 N–H and O–H groups in total. The first-order valence-electron chi connectivity index (χ1n) is 8.59. The van der Waals surface area contributed by atoms with Crippen LogP contribution in [0.15, 0.2) is 18.2 Å². The molecular formula is C20H33N. The fourth-order valence-electron chi connectivity index (χ4n) is 3.66. The van der Waals surface area contributed by atoms with Crippen LogP contribution in [0.5, 0.6) is 0 Å². The summed E-state index contributed by atoms with van der Waals surface area (Å²) >= 11 is 0. The van der Waals surface area contributed by atoms with Gasteiger partial charge in [-0.25, -0.2) is 0 Å². The van der Waals surface area contributed by atoms with Gasteiger partial charge in [-0.15, -0.1) is 0 Å². The van der Waals surface area contributed by atoms with Crippen LogP contribution in [0.4, 0.5) is 0 Å². The molecule has 2 rings (SSSR count). The summed E-state index contributed by atoms with van der Waals surface area (Å²) in [7, 11) is 0. The fourth-order valence-corrected chi connectivity index (χ4v) is 3.66. The molecule has 2 unspecified atom stereocenters. The summed E-state index contributed by atoms with van der Waals surface area (Å²) in [5, 5.41) is 3.67.